The van der Waals surface area contributed by atoms with Crippen LogP contribution in [0.15, 0.2) is 18.2 Å². The highest BCUT2D eigenvalue weighted by molar-refractivity contribution is 5.80. The lowest BCUT2D eigenvalue weighted by Gasteiger charge is -2.23. The first-order valence-electron chi connectivity index (χ1n) is 7.60. The molecule has 128 valence electrons. The summed E-state index contributed by atoms with van der Waals surface area (Å²) in [5, 5.41) is 16.7. The topological polar surface area (TPSA) is 81.1 Å². The molecule has 0 spiro atoms. The van der Waals surface area contributed by atoms with E-state index in [-0.39, 0.29) is 18.3 Å². The number of carbonyl (C=O) groups excluding carboxylic acids is 1. The van der Waals surface area contributed by atoms with E-state index in [0.29, 0.717) is 6.54 Å². The average molecular weight is 322 g/mol. The molecule has 0 aromatic heterocycles. The van der Waals surface area contributed by atoms with Gasteiger partial charge in [0.2, 0.25) is 0 Å². The van der Waals surface area contributed by atoms with Gasteiger partial charge in [-0.25, -0.2) is 0 Å². The molecule has 6 nitrogen and oxygen atoms in total. The third kappa shape index (κ3) is 5.33. The van der Waals surface area contributed by atoms with Crippen molar-refractivity contribution in [2.24, 2.45) is 5.92 Å². The Labute approximate surface area is 137 Å². The molecule has 1 aliphatic heterocycles. The van der Waals surface area contributed by atoms with E-state index in [0.717, 1.165) is 18.7 Å². The highest BCUT2D eigenvalue weighted by Gasteiger charge is 2.23. The van der Waals surface area contributed by atoms with Crippen LogP contribution in [-0.4, -0.2) is 52.6 Å². The number of carbonyl (C=O) groups is 2. The second kappa shape index (κ2) is 8.64. The van der Waals surface area contributed by atoms with Crippen LogP contribution in [0.5, 0.6) is 0 Å². The molecule has 1 unspecified atom stereocenters. The molecule has 0 aliphatic carbocycles. The number of rotatable bonds is 4. The average Bonchev–Trinajstić information content (AvgIpc) is 2.85. The Kier molecular flexibility index (Phi) is 7.19. The van der Waals surface area contributed by atoms with E-state index < -0.39 is 6.10 Å². The molecular weight excluding hydrogens is 296 g/mol. The molecule has 0 bridgehead atoms. The van der Waals surface area contributed by atoms with Gasteiger partial charge >= 0.3 is 0 Å². The number of aliphatic hydroxyl groups is 1. The first kappa shape index (κ1) is 19.1. The minimum absolute atomic E-state index is 0.0568. The third-order valence-corrected chi connectivity index (χ3v) is 3.83. The van der Waals surface area contributed by atoms with Gasteiger partial charge in [0.1, 0.15) is 6.10 Å². The number of amides is 1. The first-order chi connectivity index (χ1) is 10.8. The van der Waals surface area contributed by atoms with Gasteiger partial charge in [-0.05, 0) is 29.7 Å². The molecule has 1 amide bonds. The van der Waals surface area contributed by atoms with Crippen molar-refractivity contribution in [1.82, 2.24) is 9.80 Å². The van der Waals surface area contributed by atoms with Gasteiger partial charge in [-0.2, -0.15) is 0 Å². The zero-order valence-electron chi connectivity index (χ0n) is 14.2. The summed E-state index contributed by atoms with van der Waals surface area (Å²) in [5.74, 6) is -0.267. The molecule has 0 fully saturated rings. The number of fused-ring (bicyclic) bond motifs is 1. The van der Waals surface area contributed by atoms with Gasteiger partial charge < -0.3 is 15.1 Å². The molecule has 6 heteroatoms. The Hall–Kier alpha value is -1.92. The van der Waals surface area contributed by atoms with Crippen molar-refractivity contribution in [3.05, 3.63) is 34.9 Å². The summed E-state index contributed by atoms with van der Waals surface area (Å²) in [6.45, 7) is 5.95. The SMILES string of the molecule is CC(C)C(O)C(=O)N(C)Cc1ccc2c(c1)CN(C)C2.O=CO. The van der Waals surface area contributed by atoms with Gasteiger partial charge in [0, 0.05) is 26.7 Å². The predicted molar refractivity (Wildman–Crippen MR) is 87.6 cm³/mol. The van der Waals surface area contributed by atoms with E-state index in [9.17, 15) is 9.90 Å². The summed E-state index contributed by atoms with van der Waals surface area (Å²) in [5.41, 5.74) is 3.83. The van der Waals surface area contributed by atoms with E-state index in [4.69, 9.17) is 9.90 Å². The van der Waals surface area contributed by atoms with Crippen molar-refractivity contribution in [2.45, 2.75) is 39.6 Å². The number of nitrogens with zero attached hydrogens (tertiary/aromatic N) is 2. The molecule has 0 saturated carbocycles. The Morgan fingerprint density at radius 2 is 1.91 bits per heavy atom. The van der Waals surface area contributed by atoms with Gasteiger partial charge in [0.25, 0.3) is 12.4 Å². The van der Waals surface area contributed by atoms with Crippen LogP contribution in [0.4, 0.5) is 0 Å². The minimum Gasteiger partial charge on any atom is -0.483 e. The highest BCUT2D eigenvalue weighted by atomic mass is 16.3. The maximum absolute atomic E-state index is 12.0. The summed E-state index contributed by atoms with van der Waals surface area (Å²) in [6, 6.07) is 6.39. The summed E-state index contributed by atoms with van der Waals surface area (Å²) in [7, 11) is 3.85. The normalized spacial score (nSPS) is 14.7. The Morgan fingerprint density at radius 3 is 2.48 bits per heavy atom. The van der Waals surface area contributed by atoms with Gasteiger partial charge in [-0.1, -0.05) is 32.0 Å². The third-order valence-electron chi connectivity index (χ3n) is 3.83. The van der Waals surface area contributed by atoms with Crippen LogP contribution in [0, 0.1) is 5.92 Å². The van der Waals surface area contributed by atoms with E-state index >= 15 is 0 Å². The fourth-order valence-electron chi connectivity index (χ4n) is 2.58. The molecular formula is C17H26N2O4. The van der Waals surface area contributed by atoms with Crippen LogP contribution in [0.2, 0.25) is 0 Å². The smallest absolute Gasteiger partial charge is 0.290 e. The molecule has 0 saturated heterocycles. The number of carboxylic acid groups (broad SMARTS) is 1. The molecule has 0 radical (unpaired) electrons. The zero-order valence-corrected chi connectivity index (χ0v) is 14.2. The second-order valence-electron chi connectivity index (χ2n) is 6.26. The standard InChI is InChI=1S/C16H24N2O2.CH2O2/c1-11(2)15(19)16(20)18(4)8-12-5-6-13-9-17(3)10-14(13)7-12;2-1-3/h5-7,11,15,19H,8-10H2,1-4H3;1H,(H,2,3). The van der Waals surface area contributed by atoms with Crippen LogP contribution >= 0.6 is 0 Å². The highest BCUT2D eigenvalue weighted by Crippen LogP contribution is 2.23. The van der Waals surface area contributed by atoms with Crippen molar-refractivity contribution >= 4 is 12.4 Å². The maximum atomic E-state index is 12.0. The lowest BCUT2D eigenvalue weighted by Crippen LogP contribution is -2.38. The van der Waals surface area contributed by atoms with Crippen LogP contribution in [0.1, 0.15) is 30.5 Å². The molecule has 1 aliphatic rings. The number of hydrogen-bond acceptors (Lipinski definition) is 4. The Morgan fingerprint density at radius 1 is 1.35 bits per heavy atom. The fraction of sp³-hybridized carbons (Fsp3) is 0.529. The van der Waals surface area contributed by atoms with Gasteiger partial charge in [-0.3, -0.25) is 14.5 Å². The number of likely N-dealkylation sites (N-methyl/N-ethyl adjacent to an activating group) is 1. The molecule has 23 heavy (non-hydrogen) atoms. The Bertz CT molecular complexity index is 545. The molecule has 2 N–H and O–H groups in total. The van der Waals surface area contributed by atoms with E-state index in [2.05, 4.69) is 30.1 Å². The zero-order chi connectivity index (χ0) is 17.6. The monoisotopic (exact) mass is 322 g/mol. The first-order valence-corrected chi connectivity index (χ1v) is 7.60. The lowest BCUT2D eigenvalue weighted by molar-refractivity contribution is -0.141. The lowest BCUT2D eigenvalue weighted by atomic mass is 10.0. The summed E-state index contributed by atoms with van der Waals surface area (Å²) >= 11 is 0. The fourth-order valence-corrected chi connectivity index (χ4v) is 2.58. The summed E-state index contributed by atoms with van der Waals surface area (Å²) < 4.78 is 0. The maximum Gasteiger partial charge on any atom is 0.290 e. The Balaban J connectivity index is 0.000000816. The van der Waals surface area contributed by atoms with E-state index in [1.54, 1.807) is 11.9 Å². The number of hydrogen-bond donors (Lipinski definition) is 2. The molecule has 1 aromatic carbocycles. The molecule has 1 heterocycles. The van der Waals surface area contributed by atoms with E-state index in [1.807, 2.05) is 13.8 Å². The van der Waals surface area contributed by atoms with Crippen molar-refractivity contribution in [3.8, 4) is 0 Å². The van der Waals surface area contributed by atoms with Gasteiger partial charge in [-0.15, -0.1) is 0 Å². The van der Waals surface area contributed by atoms with Gasteiger partial charge in [0.05, 0.1) is 0 Å². The van der Waals surface area contributed by atoms with Gasteiger partial charge in [0.15, 0.2) is 0 Å². The van der Waals surface area contributed by atoms with Crippen LogP contribution < -0.4 is 0 Å². The quantitative estimate of drug-likeness (QED) is 0.817. The largest absolute Gasteiger partial charge is 0.483 e. The molecule has 1 atom stereocenters. The van der Waals surface area contributed by atoms with Crippen molar-refractivity contribution in [3.63, 3.8) is 0 Å². The van der Waals surface area contributed by atoms with Crippen LogP contribution in [0.3, 0.4) is 0 Å². The summed E-state index contributed by atoms with van der Waals surface area (Å²) in [6.07, 6.45) is -0.916. The van der Waals surface area contributed by atoms with E-state index in [1.165, 1.54) is 11.1 Å². The minimum atomic E-state index is -0.916. The summed E-state index contributed by atoms with van der Waals surface area (Å²) in [4.78, 5) is 24.3. The van der Waals surface area contributed by atoms with Crippen molar-refractivity contribution < 1.29 is 19.8 Å². The van der Waals surface area contributed by atoms with Crippen LogP contribution in [0.25, 0.3) is 0 Å². The number of aliphatic hydroxyl groups excluding tert-OH is 1. The second-order valence-corrected chi connectivity index (χ2v) is 6.26. The predicted octanol–water partition coefficient (Wildman–Crippen LogP) is 1.31. The molecule has 2 rings (SSSR count). The van der Waals surface area contributed by atoms with Crippen molar-refractivity contribution in [1.29, 1.82) is 0 Å². The van der Waals surface area contributed by atoms with Crippen molar-refractivity contribution in [2.75, 3.05) is 14.1 Å². The number of benzene rings is 1. The molecule has 1 aromatic rings. The van der Waals surface area contributed by atoms with Crippen LogP contribution in [-0.2, 0) is 29.2 Å².